The van der Waals surface area contributed by atoms with Crippen LogP contribution in [-0.4, -0.2) is 33.8 Å². The molecule has 3 fully saturated rings. The van der Waals surface area contributed by atoms with Crippen LogP contribution in [0.4, 0.5) is 4.79 Å². The van der Waals surface area contributed by atoms with Gasteiger partial charge in [-0.3, -0.25) is 15.4 Å². The van der Waals surface area contributed by atoms with E-state index >= 15 is 0 Å². The fraction of sp³-hybridized carbons (Fsp3) is 0.481. The number of hydrazone groups is 1. The van der Waals surface area contributed by atoms with Gasteiger partial charge in [-0.05, 0) is 73.8 Å². The van der Waals surface area contributed by atoms with Crippen molar-refractivity contribution in [2.45, 2.75) is 75.8 Å². The standard InChI is InChI=1S/C27H32N6O/c34-27-30-21-13-10-19-20(11-14-22(21)31-27)26(33-32-25(19)23-8-4-5-15-28-23)24-12-9-18(16-29-24)17-6-2-1-3-7-17/h4-5,8-9,12,15-17,19,21-22,33H,1-3,6-7,10-11,13-14H2,(H2,30,31,34)/t19?,21-,22+/m1/s1. The van der Waals surface area contributed by atoms with E-state index in [1.54, 1.807) is 0 Å². The van der Waals surface area contributed by atoms with E-state index in [1.807, 2.05) is 24.4 Å². The molecule has 4 heterocycles. The van der Waals surface area contributed by atoms with Gasteiger partial charge in [0.1, 0.15) is 0 Å². The van der Waals surface area contributed by atoms with Crippen molar-refractivity contribution < 1.29 is 4.79 Å². The number of hydrogen-bond acceptors (Lipinski definition) is 5. The summed E-state index contributed by atoms with van der Waals surface area (Å²) in [5.41, 5.74) is 9.91. The number of carbonyl (C=O) groups excluding carboxylic acids is 1. The molecule has 0 spiro atoms. The average molecular weight is 457 g/mol. The molecule has 0 bridgehead atoms. The van der Waals surface area contributed by atoms with Crippen LogP contribution >= 0.6 is 0 Å². The van der Waals surface area contributed by atoms with Gasteiger partial charge in [0.05, 0.1) is 34.9 Å². The zero-order chi connectivity index (χ0) is 22.9. The highest BCUT2D eigenvalue weighted by atomic mass is 16.2. The number of urea groups is 1. The Morgan fingerprint density at radius 1 is 0.824 bits per heavy atom. The number of nitrogens with zero attached hydrogens (tertiary/aromatic N) is 3. The number of allylic oxidation sites excluding steroid dienone is 1. The van der Waals surface area contributed by atoms with E-state index in [1.165, 1.54) is 43.2 Å². The van der Waals surface area contributed by atoms with Crippen molar-refractivity contribution in [2.75, 3.05) is 0 Å². The summed E-state index contributed by atoms with van der Waals surface area (Å²) < 4.78 is 0. The van der Waals surface area contributed by atoms with Crippen LogP contribution in [0.1, 0.15) is 80.7 Å². The second-order valence-electron chi connectivity index (χ2n) is 10.0. The molecule has 3 atom stereocenters. The lowest BCUT2D eigenvalue weighted by Gasteiger charge is -2.33. The molecule has 6 rings (SSSR count). The maximum Gasteiger partial charge on any atom is 0.315 e. The number of pyridine rings is 2. The van der Waals surface area contributed by atoms with Crippen molar-refractivity contribution in [2.24, 2.45) is 11.0 Å². The van der Waals surface area contributed by atoms with Gasteiger partial charge in [-0.1, -0.05) is 31.4 Å². The van der Waals surface area contributed by atoms with Crippen LogP contribution in [0, 0.1) is 5.92 Å². The molecular formula is C27H32N6O. The van der Waals surface area contributed by atoms with E-state index in [9.17, 15) is 4.79 Å². The van der Waals surface area contributed by atoms with Crippen molar-refractivity contribution in [1.82, 2.24) is 26.0 Å². The summed E-state index contributed by atoms with van der Waals surface area (Å²) in [5, 5.41) is 11.0. The molecule has 2 aromatic heterocycles. The van der Waals surface area contributed by atoms with Crippen LogP contribution in [0.15, 0.2) is 53.4 Å². The molecule has 3 N–H and O–H groups in total. The van der Waals surface area contributed by atoms with Gasteiger partial charge >= 0.3 is 6.03 Å². The van der Waals surface area contributed by atoms with Gasteiger partial charge in [0, 0.05) is 18.3 Å². The molecule has 7 heteroatoms. The van der Waals surface area contributed by atoms with Gasteiger partial charge in [-0.2, -0.15) is 5.10 Å². The predicted molar refractivity (Wildman–Crippen MR) is 132 cm³/mol. The molecule has 1 unspecified atom stereocenters. The third-order valence-corrected chi connectivity index (χ3v) is 8.02. The van der Waals surface area contributed by atoms with Gasteiger partial charge in [-0.15, -0.1) is 0 Å². The third-order valence-electron chi connectivity index (χ3n) is 8.02. The van der Waals surface area contributed by atoms with Crippen LogP contribution < -0.4 is 16.1 Å². The zero-order valence-electron chi connectivity index (χ0n) is 19.5. The summed E-state index contributed by atoms with van der Waals surface area (Å²) in [6.07, 6.45) is 14.1. The first-order valence-corrected chi connectivity index (χ1v) is 12.8. The number of rotatable bonds is 3. The van der Waals surface area contributed by atoms with Crippen molar-refractivity contribution in [3.63, 3.8) is 0 Å². The Balaban J connectivity index is 1.34. The van der Waals surface area contributed by atoms with Crippen LogP contribution in [-0.2, 0) is 0 Å². The SMILES string of the molecule is O=C1N[C@H]2CCC3=C(c4ccc(C5CCCCC5)cn4)NN=C(c4ccccn4)C3CC[C@H]2N1. The maximum absolute atomic E-state index is 12.0. The highest BCUT2D eigenvalue weighted by Gasteiger charge is 2.38. The lowest BCUT2D eigenvalue weighted by atomic mass is 9.78. The Morgan fingerprint density at radius 3 is 2.44 bits per heavy atom. The fourth-order valence-electron chi connectivity index (χ4n) is 6.20. The van der Waals surface area contributed by atoms with E-state index in [0.29, 0.717) is 5.92 Å². The molecule has 4 aliphatic rings. The van der Waals surface area contributed by atoms with Crippen molar-refractivity contribution >= 4 is 17.4 Å². The fourth-order valence-corrected chi connectivity index (χ4v) is 6.20. The van der Waals surface area contributed by atoms with E-state index < -0.39 is 0 Å². The number of hydrogen-bond donors (Lipinski definition) is 3. The summed E-state index contributed by atoms with van der Waals surface area (Å²) >= 11 is 0. The minimum Gasteiger partial charge on any atom is -0.333 e. The topological polar surface area (TPSA) is 91.3 Å². The number of amides is 2. The third kappa shape index (κ3) is 4.08. The summed E-state index contributed by atoms with van der Waals surface area (Å²) in [4.78, 5) is 21.5. The van der Waals surface area contributed by atoms with Gasteiger partial charge < -0.3 is 10.6 Å². The Kier molecular flexibility index (Phi) is 5.77. The minimum absolute atomic E-state index is 0.0502. The molecule has 0 aromatic carbocycles. The quantitative estimate of drug-likeness (QED) is 0.635. The first-order valence-electron chi connectivity index (χ1n) is 12.8. The van der Waals surface area contributed by atoms with E-state index in [4.69, 9.17) is 10.1 Å². The largest absolute Gasteiger partial charge is 0.333 e. The van der Waals surface area contributed by atoms with E-state index in [-0.39, 0.29) is 24.0 Å². The summed E-state index contributed by atoms with van der Waals surface area (Å²) in [6.45, 7) is 0. The number of carbonyl (C=O) groups is 1. The highest BCUT2D eigenvalue weighted by Crippen LogP contribution is 2.38. The highest BCUT2D eigenvalue weighted by molar-refractivity contribution is 6.04. The smallest absolute Gasteiger partial charge is 0.315 e. The molecule has 176 valence electrons. The van der Waals surface area contributed by atoms with Gasteiger partial charge in [0.2, 0.25) is 0 Å². The van der Waals surface area contributed by atoms with E-state index in [2.05, 4.69) is 39.4 Å². The first kappa shape index (κ1) is 21.3. The first-order chi connectivity index (χ1) is 16.8. The minimum atomic E-state index is -0.0502. The summed E-state index contributed by atoms with van der Waals surface area (Å²) in [5.74, 6) is 0.801. The Hall–Kier alpha value is -3.22. The lowest BCUT2D eigenvalue weighted by molar-refractivity contribution is 0.246. The number of fused-ring (bicyclic) bond motifs is 2. The molecular weight excluding hydrogens is 424 g/mol. The monoisotopic (exact) mass is 456 g/mol. The molecule has 2 saturated carbocycles. The van der Waals surface area contributed by atoms with E-state index in [0.717, 1.165) is 48.5 Å². The predicted octanol–water partition coefficient (Wildman–Crippen LogP) is 4.48. The van der Waals surface area contributed by atoms with Gasteiger partial charge in [-0.25, -0.2) is 4.79 Å². The second kappa shape index (κ2) is 9.20. The second-order valence-corrected chi connectivity index (χ2v) is 10.0. The molecule has 2 amide bonds. The summed E-state index contributed by atoms with van der Waals surface area (Å²) in [7, 11) is 0. The number of nitrogens with one attached hydrogen (secondary N) is 3. The number of aromatic nitrogens is 2. The molecule has 34 heavy (non-hydrogen) atoms. The summed E-state index contributed by atoms with van der Waals surface area (Å²) in [6, 6.07) is 10.7. The molecule has 2 aliphatic heterocycles. The van der Waals surface area contributed by atoms with Gasteiger partial charge in [0.15, 0.2) is 0 Å². The van der Waals surface area contributed by atoms with Crippen molar-refractivity contribution in [1.29, 1.82) is 0 Å². The lowest BCUT2D eigenvalue weighted by Crippen LogP contribution is -2.39. The molecule has 2 aromatic rings. The normalized spacial score (nSPS) is 27.4. The zero-order valence-corrected chi connectivity index (χ0v) is 19.5. The van der Waals surface area contributed by atoms with Crippen LogP contribution in [0.5, 0.6) is 0 Å². The van der Waals surface area contributed by atoms with Crippen LogP contribution in [0.3, 0.4) is 0 Å². The van der Waals surface area contributed by atoms with Crippen molar-refractivity contribution in [3.05, 3.63) is 65.2 Å². The Morgan fingerprint density at radius 2 is 1.68 bits per heavy atom. The van der Waals surface area contributed by atoms with Crippen molar-refractivity contribution in [3.8, 4) is 0 Å². The molecule has 2 aliphatic carbocycles. The average Bonchev–Trinajstić information content (AvgIpc) is 3.24. The van der Waals surface area contributed by atoms with Crippen LogP contribution in [0.2, 0.25) is 0 Å². The van der Waals surface area contributed by atoms with Crippen LogP contribution in [0.25, 0.3) is 5.70 Å². The van der Waals surface area contributed by atoms with Gasteiger partial charge in [0.25, 0.3) is 0 Å². The molecule has 7 nitrogen and oxygen atoms in total. The molecule has 0 radical (unpaired) electrons. The maximum atomic E-state index is 12.0. The Bertz CT molecular complexity index is 1100. The molecule has 1 saturated heterocycles. The Labute approximate surface area is 200 Å².